The highest BCUT2D eigenvalue weighted by atomic mass is 35.5. The first-order valence-electron chi connectivity index (χ1n) is 10.2. The number of aromatic nitrogens is 2. The summed E-state index contributed by atoms with van der Waals surface area (Å²) in [5, 5.41) is 8.54. The Bertz CT molecular complexity index is 1110. The van der Waals surface area contributed by atoms with Gasteiger partial charge in [-0.15, -0.1) is 11.3 Å². The molecule has 1 saturated carbocycles. The molecule has 168 valence electrons. The maximum Gasteiger partial charge on any atom is 0.231 e. The Labute approximate surface area is 198 Å². The molecule has 3 aromatic rings. The van der Waals surface area contributed by atoms with Crippen molar-refractivity contribution in [1.82, 2.24) is 9.97 Å². The van der Waals surface area contributed by atoms with E-state index in [0.29, 0.717) is 33.6 Å². The number of nitrogens with two attached hydrogens (primary N) is 1. The summed E-state index contributed by atoms with van der Waals surface area (Å²) < 4.78 is 16.6. The van der Waals surface area contributed by atoms with Crippen LogP contribution in [0.3, 0.4) is 0 Å². The standard InChI is InChI=1S/C22H23ClN4O3S2/c23-21-16(8-14-4-2-1-3-5-14)10-19(31-21)20(28)18-11-25-13-26-22(18)27-17-7-6-15(9-17)12-30-32(24)29/h1-5,10-11,13,15,17H,6-9,12,24H2,(H,25,26,27). The van der Waals surface area contributed by atoms with Crippen LogP contribution in [0.15, 0.2) is 48.9 Å². The summed E-state index contributed by atoms with van der Waals surface area (Å²) in [6.45, 7) is 0.356. The molecule has 7 nitrogen and oxygen atoms in total. The van der Waals surface area contributed by atoms with E-state index >= 15 is 0 Å². The van der Waals surface area contributed by atoms with Crippen LogP contribution < -0.4 is 10.5 Å². The van der Waals surface area contributed by atoms with Crippen molar-refractivity contribution in [2.75, 3.05) is 11.9 Å². The van der Waals surface area contributed by atoms with Gasteiger partial charge in [-0.1, -0.05) is 41.9 Å². The van der Waals surface area contributed by atoms with Crippen LogP contribution in [0.4, 0.5) is 5.82 Å². The second-order valence-corrected chi connectivity index (χ2v) is 10.2. The molecule has 1 aromatic carbocycles. The first-order chi connectivity index (χ1) is 15.5. The minimum absolute atomic E-state index is 0.136. The number of anilines is 1. The van der Waals surface area contributed by atoms with E-state index in [2.05, 4.69) is 15.3 Å². The van der Waals surface area contributed by atoms with Gasteiger partial charge in [-0.05, 0) is 48.8 Å². The van der Waals surface area contributed by atoms with E-state index < -0.39 is 11.3 Å². The van der Waals surface area contributed by atoms with Gasteiger partial charge in [-0.3, -0.25) is 8.98 Å². The highest BCUT2D eigenvalue weighted by Gasteiger charge is 2.27. The number of hydrogen-bond acceptors (Lipinski definition) is 7. The van der Waals surface area contributed by atoms with Gasteiger partial charge in [0.05, 0.1) is 21.4 Å². The number of nitrogens with zero attached hydrogens (tertiary/aromatic N) is 2. The van der Waals surface area contributed by atoms with Gasteiger partial charge in [-0.25, -0.2) is 19.3 Å². The lowest BCUT2D eigenvalue weighted by molar-refractivity contribution is 0.104. The Hall–Kier alpha value is -2.17. The number of hydrogen-bond donors (Lipinski definition) is 2. The lowest BCUT2D eigenvalue weighted by Crippen LogP contribution is -2.20. The normalized spacial score (nSPS) is 19.1. The molecule has 0 bridgehead atoms. The van der Waals surface area contributed by atoms with E-state index in [4.69, 9.17) is 20.9 Å². The van der Waals surface area contributed by atoms with E-state index in [1.807, 2.05) is 36.4 Å². The monoisotopic (exact) mass is 490 g/mol. The number of carbonyl (C=O) groups excluding carboxylic acids is 1. The van der Waals surface area contributed by atoms with Gasteiger partial charge in [0.15, 0.2) is 0 Å². The van der Waals surface area contributed by atoms with E-state index in [1.165, 1.54) is 23.9 Å². The van der Waals surface area contributed by atoms with E-state index in [-0.39, 0.29) is 17.7 Å². The van der Waals surface area contributed by atoms with Crippen molar-refractivity contribution in [2.45, 2.75) is 31.7 Å². The molecule has 1 aliphatic rings. The fourth-order valence-electron chi connectivity index (χ4n) is 3.91. The van der Waals surface area contributed by atoms with Crippen LogP contribution in [0.5, 0.6) is 0 Å². The molecular weight excluding hydrogens is 468 g/mol. The van der Waals surface area contributed by atoms with Crippen LogP contribution in [-0.2, 0) is 21.9 Å². The number of benzene rings is 1. The van der Waals surface area contributed by atoms with Crippen LogP contribution >= 0.6 is 22.9 Å². The molecule has 0 amide bonds. The number of nitrogens with one attached hydrogen (secondary N) is 1. The molecule has 3 atom stereocenters. The van der Waals surface area contributed by atoms with Crippen molar-refractivity contribution in [1.29, 1.82) is 0 Å². The maximum absolute atomic E-state index is 13.3. The van der Waals surface area contributed by atoms with E-state index in [0.717, 1.165) is 30.4 Å². The van der Waals surface area contributed by atoms with Gasteiger partial charge in [0, 0.05) is 12.2 Å². The van der Waals surface area contributed by atoms with Gasteiger partial charge in [0.2, 0.25) is 17.0 Å². The Balaban J connectivity index is 1.46. The zero-order chi connectivity index (χ0) is 22.5. The lowest BCUT2D eigenvalue weighted by Gasteiger charge is -2.15. The first-order valence-corrected chi connectivity index (χ1v) is 12.6. The Kier molecular flexibility index (Phi) is 7.64. The second kappa shape index (κ2) is 10.6. The minimum Gasteiger partial charge on any atom is -0.367 e. The highest BCUT2D eigenvalue weighted by molar-refractivity contribution is 7.77. The average Bonchev–Trinajstić information content (AvgIpc) is 3.39. The summed E-state index contributed by atoms with van der Waals surface area (Å²) in [4.78, 5) is 22.2. The maximum atomic E-state index is 13.3. The number of thiophene rings is 1. The summed E-state index contributed by atoms with van der Waals surface area (Å²) in [7, 11) is 0. The van der Waals surface area contributed by atoms with Crippen LogP contribution in [-0.4, -0.2) is 32.6 Å². The van der Waals surface area contributed by atoms with Gasteiger partial charge in [0.25, 0.3) is 0 Å². The number of ketones is 1. The molecule has 0 spiro atoms. The summed E-state index contributed by atoms with van der Waals surface area (Å²) in [5.74, 6) is 0.612. The first kappa shape index (κ1) is 23.0. The van der Waals surface area contributed by atoms with Crippen molar-refractivity contribution in [2.24, 2.45) is 11.1 Å². The third-order valence-electron chi connectivity index (χ3n) is 5.48. The minimum atomic E-state index is -1.75. The third kappa shape index (κ3) is 5.79. The molecular formula is C22H23ClN4O3S2. The fraction of sp³-hybridized carbons (Fsp3) is 0.318. The molecule has 2 aromatic heterocycles. The van der Waals surface area contributed by atoms with Crippen LogP contribution in [0.25, 0.3) is 0 Å². The predicted molar refractivity (Wildman–Crippen MR) is 127 cm³/mol. The summed E-state index contributed by atoms with van der Waals surface area (Å²) in [6.07, 6.45) is 6.27. The SMILES string of the molecule is NS(=O)OCC1CCC(Nc2ncncc2C(=O)c2cc(Cc3ccccc3)c(Cl)s2)C1. The summed E-state index contributed by atoms with van der Waals surface area (Å²) in [5.41, 5.74) is 2.47. The quantitative estimate of drug-likeness (QED) is 0.436. The van der Waals surface area contributed by atoms with Crippen molar-refractivity contribution in [3.05, 3.63) is 74.8 Å². The second-order valence-electron chi connectivity index (χ2n) is 7.75. The summed E-state index contributed by atoms with van der Waals surface area (Å²) in [6, 6.07) is 12.0. The lowest BCUT2D eigenvalue weighted by atomic mass is 10.1. The third-order valence-corrected chi connectivity index (χ3v) is 7.28. The van der Waals surface area contributed by atoms with Crippen molar-refractivity contribution >= 4 is 45.8 Å². The predicted octanol–water partition coefficient (Wildman–Crippen LogP) is 4.15. The molecule has 0 saturated heterocycles. The zero-order valence-electron chi connectivity index (χ0n) is 17.2. The molecule has 3 N–H and O–H groups in total. The van der Waals surface area contributed by atoms with Crippen molar-refractivity contribution in [3.8, 4) is 0 Å². The molecule has 0 radical (unpaired) electrons. The molecule has 10 heteroatoms. The van der Waals surface area contributed by atoms with Crippen molar-refractivity contribution in [3.63, 3.8) is 0 Å². The smallest absolute Gasteiger partial charge is 0.231 e. The Morgan fingerprint density at radius 2 is 2.12 bits per heavy atom. The molecule has 32 heavy (non-hydrogen) atoms. The average molecular weight is 491 g/mol. The van der Waals surface area contributed by atoms with Crippen molar-refractivity contribution < 1.29 is 13.2 Å². The molecule has 1 fully saturated rings. The molecule has 4 rings (SSSR count). The molecule has 0 aliphatic heterocycles. The highest BCUT2D eigenvalue weighted by Crippen LogP contribution is 2.33. The van der Waals surface area contributed by atoms with Gasteiger partial charge in [0.1, 0.15) is 12.1 Å². The summed E-state index contributed by atoms with van der Waals surface area (Å²) >= 11 is 5.97. The van der Waals surface area contributed by atoms with E-state index in [1.54, 1.807) is 0 Å². The molecule has 2 heterocycles. The Morgan fingerprint density at radius 3 is 2.91 bits per heavy atom. The number of rotatable bonds is 9. The largest absolute Gasteiger partial charge is 0.367 e. The molecule has 1 aliphatic carbocycles. The van der Waals surface area contributed by atoms with Gasteiger partial charge in [-0.2, -0.15) is 0 Å². The number of carbonyl (C=O) groups is 1. The van der Waals surface area contributed by atoms with Gasteiger partial charge < -0.3 is 5.32 Å². The Morgan fingerprint density at radius 1 is 1.31 bits per heavy atom. The zero-order valence-corrected chi connectivity index (χ0v) is 19.6. The topological polar surface area (TPSA) is 107 Å². The van der Waals surface area contributed by atoms with Crippen LogP contribution in [0.1, 0.15) is 45.6 Å². The van der Waals surface area contributed by atoms with E-state index in [9.17, 15) is 9.00 Å². The fourth-order valence-corrected chi connectivity index (χ4v) is 5.47. The van der Waals surface area contributed by atoms with Gasteiger partial charge >= 0.3 is 0 Å². The van der Waals surface area contributed by atoms with Crippen LogP contribution in [0, 0.1) is 5.92 Å². The van der Waals surface area contributed by atoms with Crippen LogP contribution in [0.2, 0.25) is 4.34 Å². The molecule has 3 unspecified atom stereocenters. The number of halogens is 1.